The molecule has 1 fully saturated rings. The summed E-state index contributed by atoms with van der Waals surface area (Å²) >= 11 is 2.07. The van der Waals surface area contributed by atoms with Crippen LogP contribution in [0.1, 0.15) is 81.8 Å². The first-order chi connectivity index (χ1) is 14.5. The van der Waals surface area contributed by atoms with Crippen LogP contribution >= 0.6 is 22.6 Å². The fourth-order valence-electron chi connectivity index (χ4n) is 4.87. The summed E-state index contributed by atoms with van der Waals surface area (Å²) in [5, 5.41) is 19.2. The van der Waals surface area contributed by atoms with Gasteiger partial charge in [0.1, 0.15) is 11.6 Å². The Kier molecular flexibility index (Phi) is 8.99. The lowest BCUT2D eigenvalue weighted by Crippen LogP contribution is -2.15. The lowest BCUT2D eigenvalue weighted by Gasteiger charge is -2.30. The number of halogens is 2. The van der Waals surface area contributed by atoms with Gasteiger partial charge in [0.15, 0.2) is 0 Å². The molecule has 2 N–H and O–H groups in total. The number of unbranched alkanes of at least 4 members (excludes halogenated alkanes) is 2. The first kappa shape index (κ1) is 23.5. The van der Waals surface area contributed by atoms with Gasteiger partial charge in [0.25, 0.3) is 0 Å². The van der Waals surface area contributed by atoms with E-state index in [9.17, 15) is 10.2 Å². The topological polar surface area (TPSA) is 40.5 Å². The second-order valence-electron chi connectivity index (χ2n) is 8.70. The second-order valence-corrected chi connectivity index (χ2v) is 9.86. The monoisotopic (exact) mass is 524 g/mol. The Morgan fingerprint density at radius 2 is 1.80 bits per heavy atom. The molecule has 0 radical (unpaired) electrons. The van der Waals surface area contributed by atoms with Crippen molar-refractivity contribution >= 4 is 22.6 Å². The van der Waals surface area contributed by atoms with Crippen LogP contribution in [0, 0.1) is 15.3 Å². The highest BCUT2D eigenvalue weighted by Crippen LogP contribution is 2.41. The van der Waals surface area contributed by atoms with Gasteiger partial charge in [-0.15, -0.1) is 0 Å². The Bertz CT molecular complexity index is 828. The Balaban J connectivity index is 1.82. The van der Waals surface area contributed by atoms with Crippen LogP contribution in [0.3, 0.4) is 0 Å². The highest BCUT2D eigenvalue weighted by molar-refractivity contribution is 14.1. The number of aliphatic hydroxyl groups excluding tert-OH is 1. The Labute approximate surface area is 194 Å². The number of hydrogen-bond acceptors (Lipinski definition) is 2. The molecule has 4 heteroatoms. The largest absolute Gasteiger partial charge is 0.507 e. The molecule has 164 valence electrons. The average Bonchev–Trinajstić information content (AvgIpc) is 2.75. The zero-order valence-corrected chi connectivity index (χ0v) is 20.1. The van der Waals surface area contributed by atoms with Gasteiger partial charge in [-0.05, 0) is 102 Å². The number of phenols is 1. The van der Waals surface area contributed by atoms with Crippen LogP contribution in [0.25, 0.3) is 11.1 Å². The van der Waals surface area contributed by atoms with Gasteiger partial charge in [0.05, 0.1) is 3.57 Å². The van der Waals surface area contributed by atoms with Crippen molar-refractivity contribution in [1.29, 1.82) is 0 Å². The van der Waals surface area contributed by atoms with Gasteiger partial charge in [0.2, 0.25) is 0 Å². The van der Waals surface area contributed by atoms with E-state index >= 15 is 4.39 Å². The van der Waals surface area contributed by atoms with Gasteiger partial charge in [-0.2, -0.15) is 0 Å². The van der Waals surface area contributed by atoms with Gasteiger partial charge in [-0.25, -0.2) is 4.39 Å². The van der Waals surface area contributed by atoms with Gasteiger partial charge >= 0.3 is 0 Å². The van der Waals surface area contributed by atoms with Crippen molar-refractivity contribution in [3.8, 4) is 16.9 Å². The van der Waals surface area contributed by atoms with E-state index in [1.54, 1.807) is 12.1 Å². The van der Waals surface area contributed by atoms with Crippen LogP contribution in [0.4, 0.5) is 4.39 Å². The van der Waals surface area contributed by atoms with E-state index in [2.05, 4.69) is 35.6 Å². The van der Waals surface area contributed by atoms with Crippen LogP contribution in [-0.4, -0.2) is 16.8 Å². The minimum Gasteiger partial charge on any atom is -0.507 e. The molecule has 2 nitrogen and oxygen atoms in total. The summed E-state index contributed by atoms with van der Waals surface area (Å²) in [6, 6.07) is 9.24. The van der Waals surface area contributed by atoms with E-state index in [0.717, 1.165) is 35.4 Å². The minimum absolute atomic E-state index is 0.0738. The number of phenolic OH excluding ortho intramolecular Hbond substituents is 1. The molecule has 3 rings (SSSR count). The zero-order valence-electron chi connectivity index (χ0n) is 18.0. The predicted octanol–water partition coefficient (Wildman–Crippen LogP) is 7.58. The van der Waals surface area contributed by atoms with Crippen molar-refractivity contribution in [1.82, 2.24) is 0 Å². The van der Waals surface area contributed by atoms with Gasteiger partial charge < -0.3 is 10.2 Å². The van der Waals surface area contributed by atoms with Crippen molar-refractivity contribution in [2.24, 2.45) is 5.92 Å². The molecule has 0 atom stereocenters. The number of benzene rings is 2. The van der Waals surface area contributed by atoms with Crippen LogP contribution in [0.5, 0.6) is 5.75 Å². The number of aromatic hydroxyl groups is 1. The molecule has 0 saturated heterocycles. The number of aliphatic hydroxyl groups is 1. The maximum atomic E-state index is 15.7. The summed E-state index contributed by atoms with van der Waals surface area (Å²) < 4.78 is 16.4. The third-order valence-electron chi connectivity index (χ3n) is 6.63. The van der Waals surface area contributed by atoms with Crippen molar-refractivity contribution < 1.29 is 14.6 Å². The van der Waals surface area contributed by atoms with Crippen LogP contribution in [0.15, 0.2) is 30.3 Å². The quantitative estimate of drug-likeness (QED) is 0.262. The average molecular weight is 524 g/mol. The Hall–Kier alpha value is -1.14. The second kappa shape index (κ2) is 11.5. The SMILES string of the molecule is CCCCCC1CCC(c2ccc(-c3ccc(O)c(I)c3)c(F)c2CCCO)CC1. The minimum atomic E-state index is -0.160. The Morgan fingerprint density at radius 1 is 1.03 bits per heavy atom. The van der Waals surface area contributed by atoms with E-state index < -0.39 is 0 Å². The fourth-order valence-corrected chi connectivity index (χ4v) is 5.39. The van der Waals surface area contributed by atoms with Crippen molar-refractivity contribution in [2.45, 2.75) is 77.0 Å². The van der Waals surface area contributed by atoms with E-state index in [4.69, 9.17) is 0 Å². The number of hydrogen-bond donors (Lipinski definition) is 2. The smallest absolute Gasteiger partial charge is 0.134 e. The molecule has 30 heavy (non-hydrogen) atoms. The third kappa shape index (κ3) is 5.76. The van der Waals surface area contributed by atoms with Crippen molar-refractivity contribution in [3.05, 3.63) is 50.8 Å². The molecule has 0 amide bonds. The van der Waals surface area contributed by atoms with Crippen LogP contribution in [-0.2, 0) is 6.42 Å². The fraction of sp³-hybridized carbons (Fsp3) is 0.538. The molecular formula is C26H34FIO2. The summed E-state index contributed by atoms with van der Waals surface area (Å²) in [5.74, 6) is 1.31. The molecule has 0 bridgehead atoms. The lowest BCUT2D eigenvalue weighted by atomic mass is 9.75. The summed E-state index contributed by atoms with van der Waals surface area (Å²) in [5.41, 5.74) is 3.29. The van der Waals surface area contributed by atoms with E-state index in [1.165, 1.54) is 38.5 Å². The molecule has 2 aromatic carbocycles. The van der Waals surface area contributed by atoms with E-state index in [0.29, 0.717) is 27.9 Å². The van der Waals surface area contributed by atoms with E-state index in [1.807, 2.05) is 12.1 Å². The normalized spacial score (nSPS) is 19.2. The molecule has 0 heterocycles. The molecule has 1 aliphatic rings. The highest BCUT2D eigenvalue weighted by Gasteiger charge is 2.26. The third-order valence-corrected chi connectivity index (χ3v) is 7.49. The lowest BCUT2D eigenvalue weighted by molar-refractivity contribution is 0.286. The number of rotatable bonds is 9. The molecular weight excluding hydrogens is 490 g/mol. The highest BCUT2D eigenvalue weighted by atomic mass is 127. The standard InChI is InChI=1S/C26H34FIO2/c1-2-3-4-6-18-8-10-19(11-9-18)21-13-14-22(26(27)23(21)7-5-16-29)20-12-15-25(30)24(28)17-20/h12-15,17-19,29-30H,2-11,16H2,1H3. The van der Waals surface area contributed by atoms with Crippen LogP contribution in [0.2, 0.25) is 0 Å². The first-order valence-electron chi connectivity index (χ1n) is 11.5. The molecule has 0 aromatic heterocycles. The van der Waals surface area contributed by atoms with E-state index in [-0.39, 0.29) is 18.2 Å². The molecule has 1 aliphatic carbocycles. The molecule has 1 saturated carbocycles. The molecule has 0 aliphatic heterocycles. The molecule has 0 unspecified atom stereocenters. The van der Waals surface area contributed by atoms with Crippen molar-refractivity contribution in [2.75, 3.05) is 6.61 Å². The summed E-state index contributed by atoms with van der Waals surface area (Å²) in [7, 11) is 0. The summed E-state index contributed by atoms with van der Waals surface area (Å²) in [6.45, 7) is 2.33. The van der Waals surface area contributed by atoms with Crippen LogP contribution < -0.4 is 0 Å². The maximum Gasteiger partial charge on any atom is 0.134 e. The van der Waals surface area contributed by atoms with Gasteiger partial charge in [0, 0.05) is 12.2 Å². The van der Waals surface area contributed by atoms with Gasteiger partial charge in [-0.3, -0.25) is 0 Å². The van der Waals surface area contributed by atoms with Crippen molar-refractivity contribution in [3.63, 3.8) is 0 Å². The van der Waals surface area contributed by atoms with Gasteiger partial charge in [-0.1, -0.05) is 50.8 Å². The summed E-state index contributed by atoms with van der Waals surface area (Å²) in [4.78, 5) is 0. The zero-order chi connectivity index (χ0) is 21.5. The predicted molar refractivity (Wildman–Crippen MR) is 130 cm³/mol. The summed E-state index contributed by atoms with van der Waals surface area (Å²) in [6.07, 6.45) is 11.2. The maximum absolute atomic E-state index is 15.7. The molecule has 2 aromatic rings. The molecule has 0 spiro atoms. The first-order valence-corrected chi connectivity index (χ1v) is 12.5. The Morgan fingerprint density at radius 3 is 2.47 bits per heavy atom.